The van der Waals surface area contributed by atoms with E-state index in [4.69, 9.17) is 17.1 Å². The van der Waals surface area contributed by atoms with Gasteiger partial charge in [-0.25, -0.2) is 4.39 Å². The molecule has 2 N–H and O–H groups in total. The summed E-state index contributed by atoms with van der Waals surface area (Å²) < 4.78 is 13.1. The van der Waals surface area contributed by atoms with Gasteiger partial charge in [-0.2, -0.15) is 0 Å². The molecule has 0 saturated carbocycles. The molecule has 0 radical (unpaired) electrons. The Morgan fingerprint density at radius 3 is 2.25 bits per heavy atom. The van der Waals surface area contributed by atoms with E-state index in [1.807, 2.05) is 19.1 Å². The van der Waals surface area contributed by atoms with Crippen molar-refractivity contribution in [2.24, 2.45) is 5.16 Å². The number of halogens is 1. The smallest absolute Gasteiger partial charge is 0.293 e. The summed E-state index contributed by atoms with van der Waals surface area (Å²) in [4.78, 5) is 5.42. The Hall–Kier alpha value is -2.47. The van der Waals surface area contributed by atoms with E-state index in [9.17, 15) is 9.50 Å². The monoisotopic (exact) mass is 458 g/mol. The molecule has 2 aromatic rings. The number of aromatic hydroxyl groups is 1. The number of thiocarbonyl (C=S) groups is 1. The first-order valence-electron chi connectivity index (χ1n) is 11.6. The van der Waals surface area contributed by atoms with Crippen molar-refractivity contribution in [2.45, 2.75) is 78.1 Å². The summed E-state index contributed by atoms with van der Waals surface area (Å²) in [6.07, 6.45) is 11.8. The van der Waals surface area contributed by atoms with Gasteiger partial charge in [-0.1, -0.05) is 75.1 Å². The Morgan fingerprint density at radius 2 is 1.59 bits per heavy atom. The maximum atomic E-state index is 13.1. The number of aryl methyl sites for hydroxylation is 1. The van der Waals surface area contributed by atoms with Crippen LogP contribution in [-0.4, -0.2) is 16.0 Å². The molecule has 0 fully saturated rings. The lowest BCUT2D eigenvalue weighted by molar-refractivity contribution is 0.334. The van der Waals surface area contributed by atoms with E-state index in [1.165, 1.54) is 57.1 Å². The van der Waals surface area contributed by atoms with E-state index in [0.717, 1.165) is 18.4 Å². The van der Waals surface area contributed by atoms with Crippen LogP contribution in [0.2, 0.25) is 0 Å². The molecule has 0 heterocycles. The second kappa shape index (κ2) is 14.6. The number of oxime groups is 1. The topological polar surface area (TPSA) is 53.8 Å². The van der Waals surface area contributed by atoms with Crippen molar-refractivity contribution in [2.75, 3.05) is 5.32 Å². The first-order chi connectivity index (χ1) is 15.5. The number of unbranched alkanes of at least 4 members (excludes halogenated alkanes) is 8. The van der Waals surface area contributed by atoms with E-state index in [2.05, 4.69) is 17.4 Å². The highest BCUT2D eigenvalue weighted by Gasteiger charge is 2.11. The third kappa shape index (κ3) is 9.77. The zero-order valence-electron chi connectivity index (χ0n) is 19.2. The molecule has 6 heteroatoms. The predicted molar refractivity (Wildman–Crippen MR) is 135 cm³/mol. The van der Waals surface area contributed by atoms with Gasteiger partial charge in [-0.3, -0.25) is 0 Å². The average molecular weight is 459 g/mol. The second-order valence-electron chi connectivity index (χ2n) is 8.15. The van der Waals surface area contributed by atoms with Crippen LogP contribution in [0.5, 0.6) is 5.75 Å². The molecular weight excluding hydrogens is 423 g/mol. The quantitative estimate of drug-likeness (QED) is 0.139. The minimum Gasteiger partial charge on any atom is -0.507 e. The molecule has 0 spiro atoms. The molecule has 32 heavy (non-hydrogen) atoms. The molecule has 0 aliphatic rings. The molecular formula is C26H35FN2O2S. The van der Waals surface area contributed by atoms with Gasteiger partial charge in [0.15, 0.2) is 0 Å². The lowest BCUT2D eigenvalue weighted by Gasteiger charge is -2.11. The van der Waals surface area contributed by atoms with Crippen LogP contribution in [0, 0.1) is 12.7 Å². The van der Waals surface area contributed by atoms with Crippen molar-refractivity contribution in [3.8, 4) is 5.75 Å². The lowest BCUT2D eigenvalue weighted by Crippen LogP contribution is -2.12. The first kappa shape index (κ1) is 25.8. The van der Waals surface area contributed by atoms with Gasteiger partial charge < -0.3 is 15.3 Å². The predicted octanol–water partition coefficient (Wildman–Crippen LogP) is 7.88. The molecule has 2 aromatic carbocycles. The highest BCUT2D eigenvalue weighted by Crippen LogP contribution is 2.22. The molecule has 0 unspecified atom stereocenters. The van der Waals surface area contributed by atoms with Gasteiger partial charge in [0, 0.05) is 11.3 Å². The highest BCUT2D eigenvalue weighted by atomic mass is 32.1. The molecule has 4 nitrogen and oxygen atoms in total. The summed E-state index contributed by atoms with van der Waals surface area (Å²) >= 11 is 5.21. The third-order valence-corrected chi connectivity index (χ3v) is 5.49. The average Bonchev–Trinajstić information content (AvgIpc) is 2.78. The van der Waals surface area contributed by atoms with Crippen LogP contribution in [0.3, 0.4) is 0 Å². The Morgan fingerprint density at radius 1 is 0.969 bits per heavy atom. The summed E-state index contributed by atoms with van der Waals surface area (Å²) in [6, 6.07) is 11.3. The van der Waals surface area contributed by atoms with Crippen molar-refractivity contribution in [3.05, 3.63) is 59.4 Å². The fraction of sp³-hybridized carbons (Fsp3) is 0.462. The van der Waals surface area contributed by atoms with Crippen LogP contribution in [0.15, 0.2) is 47.6 Å². The Labute approximate surface area is 196 Å². The standard InChI is InChI=1S/C26H35FN2O2S/c1-3-4-5-6-7-8-9-10-11-12-24(23-19-20(2)13-18-25(23)30)29-31-26(32)28-22-16-14-21(27)15-17-22/h13-19,30H,3-12H2,1-2H3,(H,28,32). The van der Waals surface area contributed by atoms with Gasteiger partial charge in [0.05, 0.1) is 5.71 Å². The van der Waals surface area contributed by atoms with E-state index in [0.29, 0.717) is 23.4 Å². The summed E-state index contributed by atoms with van der Waals surface area (Å²) in [6.45, 7) is 4.21. The van der Waals surface area contributed by atoms with Crippen molar-refractivity contribution in [3.63, 3.8) is 0 Å². The maximum absolute atomic E-state index is 13.1. The van der Waals surface area contributed by atoms with E-state index < -0.39 is 0 Å². The molecule has 0 atom stereocenters. The molecule has 0 aliphatic heterocycles. The summed E-state index contributed by atoms with van der Waals surface area (Å²) in [7, 11) is 0. The Bertz CT molecular complexity index is 869. The number of benzene rings is 2. The van der Waals surface area contributed by atoms with Crippen LogP contribution in [0.4, 0.5) is 10.1 Å². The van der Waals surface area contributed by atoms with Gasteiger partial charge in [-0.15, -0.1) is 0 Å². The third-order valence-electron chi connectivity index (χ3n) is 5.31. The number of hydrogen-bond acceptors (Lipinski definition) is 4. The fourth-order valence-electron chi connectivity index (χ4n) is 3.48. The van der Waals surface area contributed by atoms with Crippen molar-refractivity contribution in [1.29, 1.82) is 0 Å². The molecule has 0 aromatic heterocycles. The summed E-state index contributed by atoms with van der Waals surface area (Å²) in [5.74, 6) is -0.148. The molecule has 0 bridgehead atoms. The van der Waals surface area contributed by atoms with E-state index >= 15 is 0 Å². The Kier molecular flexibility index (Phi) is 11.7. The maximum Gasteiger partial charge on any atom is 0.293 e. The van der Waals surface area contributed by atoms with Crippen LogP contribution in [0.1, 0.15) is 82.3 Å². The van der Waals surface area contributed by atoms with Crippen molar-refractivity contribution in [1.82, 2.24) is 0 Å². The van der Waals surface area contributed by atoms with Crippen LogP contribution >= 0.6 is 12.2 Å². The number of anilines is 1. The lowest BCUT2D eigenvalue weighted by atomic mass is 10.00. The number of rotatable bonds is 13. The summed E-state index contributed by atoms with van der Waals surface area (Å²) in [5, 5.41) is 17.6. The van der Waals surface area contributed by atoms with E-state index in [1.54, 1.807) is 18.2 Å². The van der Waals surface area contributed by atoms with Crippen molar-refractivity contribution < 1.29 is 14.3 Å². The van der Waals surface area contributed by atoms with Crippen molar-refractivity contribution >= 4 is 28.8 Å². The number of phenolic OH excluding ortho intramolecular Hbond substituents is 1. The molecule has 0 amide bonds. The van der Waals surface area contributed by atoms with Gasteiger partial charge in [0.25, 0.3) is 5.17 Å². The largest absolute Gasteiger partial charge is 0.507 e. The summed E-state index contributed by atoms with van der Waals surface area (Å²) in [5.41, 5.74) is 2.97. The molecule has 2 rings (SSSR count). The van der Waals surface area contributed by atoms with E-state index in [-0.39, 0.29) is 16.7 Å². The zero-order chi connectivity index (χ0) is 23.2. The highest BCUT2D eigenvalue weighted by molar-refractivity contribution is 7.80. The minimum absolute atomic E-state index is 0.0633. The second-order valence-corrected chi connectivity index (χ2v) is 8.52. The molecule has 174 valence electrons. The zero-order valence-corrected chi connectivity index (χ0v) is 20.0. The van der Waals surface area contributed by atoms with Crippen LogP contribution < -0.4 is 5.32 Å². The molecule has 0 saturated heterocycles. The number of nitrogens with zero attached hydrogens (tertiary/aromatic N) is 1. The van der Waals surface area contributed by atoms with Gasteiger partial charge >= 0.3 is 0 Å². The Balaban J connectivity index is 1.91. The minimum atomic E-state index is -0.321. The first-order valence-corrected chi connectivity index (χ1v) is 12.0. The number of hydrogen-bond donors (Lipinski definition) is 2. The fourth-order valence-corrected chi connectivity index (χ4v) is 3.64. The number of phenols is 1. The van der Waals surface area contributed by atoms with Gasteiger partial charge in [0.1, 0.15) is 11.6 Å². The number of nitrogens with one attached hydrogen (secondary N) is 1. The SMILES string of the molecule is CCCCCCCCCCCC(=NOC(=S)Nc1ccc(F)cc1)c1cc(C)ccc1O. The normalized spacial score (nSPS) is 11.4. The van der Waals surface area contributed by atoms with Crippen LogP contribution in [0.25, 0.3) is 0 Å². The van der Waals surface area contributed by atoms with Gasteiger partial charge in [-0.05, 0) is 68.4 Å². The molecule has 0 aliphatic carbocycles. The van der Waals surface area contributed by atoms with Gasteiger partial charge in [0.2, 0.25) is 0 Å². The van der Waals surface area contributed by atoms with Crippen LogP contribution in [-0.2, 0) is 4.84 Å².